The Hall–Kier alpha value is -6.42. The van der Waals surface area contributed by atoms with Crippen LogP contribution < -0.4 is 15.6 Å². The van der Waals surface area contributed by atoms with Gasteiger partial charge in [-0.1, -0.05) is 42.8 Å². The summed E-state index contributed by atoms with van der Waals surface area (Å²) < 4.78 is 165. The number of carbonyl (C=O) groups is 1. The van der Waals surface area contributed by atoms with Gasteiger partial charge in [-0.25, -0.2) is 44.1 Å². The number of benzene rings is 4. The third kappa shape index (κ3) is 7.74. The largest absolute Gasteiger partial charge is 0.344 e. The van der Waals surface area contributed by atoms with Gasteiger partial charge in [0.1, 0.15) is 47.8 Å². The predicted molar refractivity (Wildman–Crippen MR) is 230 cm³/mol. The predicted octanol–water partition coefficient (Wildman–Crippen LogP) is 9.33. The fraction of sp³-hybridized carbons (Fsp3) is 0.311. The van der Waals surface area contributed by atoms with Gasteiger partial charge in [0.2, 0.25) is 15.9 Å². The number of rotatable bonds is 14. The first-order valence-corrected chi connectivity index (χ1v) is 23.0. The summed E-state index contributed by atoms with van der Waals surface area (Å²) in [6.07, 6.45) is -6.40. The van der Waals surface area contributed by atoms with E-state index in [1.165, 1.54) is 55.5 Å². The van der Waals surface area contributed by atoms with Crippen LogP contribution in [-0.4, -0.2) is 55.1 Å². The van der Waals surface area contributed by atoms with Crippen molar-refractivity contribution in [3.8, 4) is 16.8 Å². The van der Waals surface area contributed by atoms with Crippen molar-refractivity contribution in [2.45, 2.75) is 75.3 Å². The highest BCUT2D eigenvalue weighted by molar-refractivity contribution is 7.93. The van der Waals surface area contributed by atoms with Gasteiger partial charge < -0.3 is 5.32 Å². The van der Waals surface area contributed by atoms with E-state index in [4.69, 9.17) is 16.6 Å². The van der Waals surface area contributed by atoms with Gasteiger partial charge in [0.15, 0.2) is 5.82 Å². The van der Waals surface area contributed by atoms with Gasteiger partial charge >= 0.3 is 0 Å². The number of halogens is 10. The van der Waals surface area contributed by atoms with E-state index in [1.807, 2.05) is 0 Å². The van der Waals surface area contributed by atoms with E-state index in [1.54, 1.807) is 6.07 Å². The summed E-state index contributed by atoms with van der Waals surface area (Å²) in [6.45, 7) is -0.781. The molecule has 3 heterocycles. The maximum atomic E-state index is 15.8. The minimum atomic E-state index is -4.11. The molecule has 2 unspecified atom stereocenters. The monoisotopic (exact) mass is 988 g/mol. The van der Waals surface area contributed by atoms with Gasteiger partial charge in [-0.15, -0.1) is 0 Å². The maximum Gasteiger partial charge on any atom is 0.293 e. The maximum absolute atomic E-state index is 15.8. The molecule has 10 rings (SSSR count). The summed E-state index contributed by atoms with van der Waals surface area (Å²) >= 11 is 6.66. The molecule has 3 aromatic heterocycles. The SMILES string of the molecule is C[C@@H]1C2c3c(C(F)F)nn(CC(=O)N[C@@H](Cc4cc(F)cc(F)c4)c4nc5cc(-c6ccccc6F)ccc5c(=O)n4-c4ccc(Cl)c5c(NS(=O)(=O)C6CC6)nn(CC(F)F)c45)c3C(F)(F)C21. The van der Waals surface area contributed by atoms with Crippen LogP contribution in [0.25, 0.3) is 38.6 Å². The fourth-order valence-electron chi connectivity index (χ4n) is 9.52. The van der Waals surface area contributed by atoms with E-state index in [-0.39, 0.29) is 54.8 Å². The number of nitrogens with one attached hydrogen (secondary N) is 2. The molecule has 1 amide bonds. The lowest BCUT2D eigenvalue weighted by atomic mass is 10.0. The molecular weight excluding hydrogens is 955 g/mol. The molecule has 0 aliphatic heterocycles. The lowest BCUT2D eigenvalue weighted by Gasteiger charge is -2.24. The van der Waals surface area contributed by atoms with Crippen molar-refractivity contribution < 1.29 is 52.7 Å². The van der Waals surface area contributed by atoms with Gasteiger partial charge in [-0.05, 0) is 72.4 Å². The Bertz CT molecular complexity index is 3390. The average Bonchev–Trinajstić information content (AvgIpc) is 4.14. The normalized spacial score (nSPS) is 18.9. The summed E-state index contributed by atoms with van der Waals surface area (Å²) in [5.41, 5.74) is -3.77. The Kier molecular flexibility index (Phi) is 10.9. The molecule has 354 valence electrons. The molecular formula is C45H34ClF9N8O4S. The number of amides is 1. The fourth-order valence-corrected chi connectivity index (χ4v) is 11.1. The van der Waals surface area contributed by atoms with Crippen molar-refractivity contribution >= 4 is 55.2 Å². The van der Waals surface area contributed by atoms with Crippen LogP contribution in [0.5, 0.6) is 0 Å². The molecule has 0 radical (unpaired) electrons. The summed E-state index contributed by atoms with van der Waals surface area (Å²) in [6, 6.07) is 12.7. The molecule has 0 bridgehead atoms. The highest BCUT2D eigenvalue weighted by Crippen LogP contribution is 2.71. The van der Waals surface area contributed by atoms with Crippen molar-refractivity contribution in [3.05, 3.63) is 134 Å². The third-order valence-electron chi connectivity index (χ3n) is 12.6. The number of aromatic nitrogens is 6. The molecule has 7 aromatic rings. The van der Waals surface area contributed by atoms with Gasteiger partial charge in [-0.3, -0.25) is 28.2 Å². The molecule has 4 atom stereocenters. The van der Waals surface area contributed by atoms with Crippen molar-refractivity contribution in [2.24, 2.45) is 11.8 Å². The van der Waals surface area contributed by atoms with Crippen molar-refractivity contribution in [1.82, 2.24) is 34.4 Å². The quantitative estimate of drug-likeness (QED) is 0.103. The molecule has 4 aromatic carbocycles. The standard InChI is InChI=1S/C45H34ClF9N8O4S/c1-19-34-36-38(41(52)53)58-62(40(36)45(54,55)37(19)34)18-33(64)56-30(14-20-12-22(47)16-23(48)13-20)43-57-29-15-21(25-4-2-3-5-28(25)49)6-9-26(29)44(65)63(43)31-11-10-27(46)35-39(31)61(17-32(50)51)59-42(35)60-68(66,67)24-7-8-24/h2-6,9-13,15-16,19,24,30,32,34,37,41H,7-8,14,17-18H2,1H3,(H,56,64)(H,59,60)/t19-,30+,34?,37?/m1/s1. The zero-order valence-electron chi connectivity index (χ0n) is 35.0. The summed E-state index contributed by atoms with van der Waals surface area (Å²) in [5.74, 6) is -11.4. The highest BCUT2D eigenvalue weighted by Gasteiger charge is 2.71. The number of alkyl halides is 6. The minimum absolute atomic E-state index is 0.0808. The smallest absolute Gasteiger partial charge is 0.293 e. The summed E-state index contributed by atoms with van der Waals surface area (Å²) in [7, 11) is -4.11. The zero-order chi connectivity index (χ0) is 48.3. The van der Waals surface area contributed by atoms with Crippen LogP contribution in [0.4, 0.5) is 45.3 Å². The van der Waals surface area contributed by atoms with Crippen LogP contribution in [0, 0.1) is 29.3 Å². The molecule has 0 spiro atoms. The number of carbonyl (C=O) groups excluding carboxylic acids is 1. The number of fused-ring (bicyclic) bond motifs is 5. The third-order valence-corrected chi connectivity index (χ3v) is 14.8. The van der Waals surface area contributed by atoms with Gasteiger partial charge in [0, 0.05) is 35.4 Å². The number of sulfonamides is 1. The van der Waals surface area contributed by atoms with Gasteiger partial charge in [0.25, 0.3) is 24.3 Å². The summed E-state index contributed by atoms with van der Waals surface area (Å²) in [4.78, 5) is 34.2. The Labute approximate surface area is 383 Å². The first-order chi connectivity index (χ1) is 32.2. The lowest BCUT2D eigenvalue weighted by molar-refractivity contribution is -0.123. The van der Waals surface area contributed by atoms with Crippen molar-refractivity contribution in [3.63, 3.8) is 0 Å². The lowest BCUT2D eigenvalue weighted by Crippen LogP contribution is -2.38. The Morgan fingerprint density at radius 1 is 0.941 bits per heavy atom. The zero-order valence-corrected chi connectivity index (χ0v) is 36.6. The number of hydrogen-bond donors (Lipinski definition) is 2. The van der Waals surface area contributed by atoms with Gasteiger partial charge in [-0.2, -0.15) is 19.0 Å². The number of anilines is 1. The second-order valence-electron chi connectivity index (χ2n) is 17.1. The van der Waals surface area contributed by atoms with E-state index in [0.29, 0.717) is 28.3 Å². The first kappa shape index (κ1) is 45.4. The van der Waals surface area contributed by atoms with E-state index in [2.05, 4.69) is 20.2 Å². The van der Waals surface area contributed by atoms with Crippen LogP contribution >= 0.6 is 11.6 Å². The molecule has 23 heteroatoms. The van der Waals surface area contributed by atoms with Crippen LogP contribution in [-0.2, 0) is 40.3 Å². The van der Waals surface area contributed by atoms with Crippen LogP contribution in [0.3, 0.4) is 0 Å². The second-order valence-corrected chi connectivity index (χ2v) is 19.5. The minimum Gasteiger partial charge on any atom is -0.344 e. The van der Waals surface area contributed by atoms with Crippen molar-refractivity contribution in [1.29, 1.82) is 0 Å². The Morgan fingerprint density at radius 3 is 2.34 bits per heavy atom. The molecule has 2 saturated carbocycles. The van der Waals surface area contributed by atoms with Crippen LogP contribution in [0.2, 0.25) is 5.02 Å². The molecule has 2 fully saturated rings. The van der Waals surface area contributed by atoms with E-state index in [9.17, 15) is 39.6 Å². The van der Waals surface area contributed by atoms with Crippen LogP contribution in [0.1, 0.15) is 66.5 Å². The van der Waals surface area contributed by atoms with E-state index >= 15 is 18.0 Å². The molecule has 68 heavy (non-hydrogen) atoms. The number of nitrogens with zero attached hydrogens (tertiary/aromatic N) is 6. The molecule has 2 N–H and O–H groups in total. The molecule has 3 aliphatic carbocycles. The Balaban J connectivity index is 1.19. The van der Waals surface area contributed by atoms with Gasteiger partial charge in [0.05, 0.1) is 43.8 Å². The van der Waals surface area contributed by atoms with Crippen LogP contribution in [0.15, 0.2) is 77.6 Å². The van der Waals surface area contributed by atoms with E-state index in [0.717, 1.165) is 16.7 Å². The molecule has 12 nitrogen and oxygen atoms in total. The molecule has 3 aliphatic rings. The summed E-state index contributed by atoms with van der Waals surface area (Å²) in [5, 5.41) is 9.04. The topological polar surface area (TPSA) is 146 Å². The Morgan fingerprint density at radius 2 is 1.66 bits per heavy atom. The second kappa shape index (κ2) is 16.4. The first-order valence-electron chi connectivity index (χ1n) is 21.1. The highest BCUT2D eigenvalue weighted by atomic mass is 35.5. The van der Waals surface area contributed by atoms with Crippen molar-refractivity contribution in [2.75, 3.05) is 4.72 Å². The average molecular weight is 989 g/mol. The number of hydrogen-bond acceptors (Lipinski definition) is 7. The van der Waals surface area contributed by atoms with E-state index < -0.39 is 129 Å². The molecule has 0 saturated heterocycles.